The van der Waals surface area contributed by atoms with E-state index in [9.17, 15) is 9.59 Å². The predicted molar refractivity (Wildman–Crippen MR) is 48.9 cm³/mol. The number of aldehydes is 1. The van der Waals surface area contributed by atoms with E-state index in [1.54, 1.807) is 0 Å². The van der Waals surface area contributed by atoms with E-state index >= 15 is 0 Å². The smallest absolute Gasteiger partial charge is 0.165 e. The zero-order valence-electron chi connectivity index (χ0n) is 7.75. The summed E-state index contributed by atoms with van der Waals surface area (Å²) in [6.45, 7) is 3.89. The highest BCUT2D eigenvalue weighted by Crippen LogP contribution is 2.01. The second-order valence-corrected chi connectivity index (χ2v) is 2.74. The van der Waals surface area contributed by atoms with Crippen LogP contribution in [0.2, 0.25) is 0 Å². The van der Waals surface area contributed by atoms with Gasteiger partial charge in [-0.25, -0.2) is 0 Å². The summed E-state index contributed by atoms with van der Waals surface area (Å²) in [5.41, 5.74) is 0. The highest BCUT2D eigenvalue weighted by molar-refractivity contribution is 6.00. The summed E-state index contributed by atoms with van der Waals surface area (Å²) < 4.78 is 0. The topological polar surface area (TPSA) is 34.1 Å². The number of rotatable bonds is 6. The van der Waals surface area contributed by atoms with E-state index in [2.05, 4.69) is 0 Å². The number of unbranched alkanes of at least 4 members (excludes halogenated alkanes) is 1. The van der Waals surface area contributed by atoms with Crippen LogP contribution >= 0.6 is 0 Å². The zero-order chi connectivity index (χ0) is 9.40. The number of carbonyl (C=O) groups excluding carboxylic acids is 2. The Bertz CT molecular complexity index is 171. The van der Waals surface area contributed by atoms with Gasteiger partial charge in [0, 0.05) is 0 Å². The number of allylic oxidation sites excluding steroid dienone is 2. The van der Waals surface area contributed by atoms with Gasteiger partial charge in [0.15, 0.2) is 5.78 Å². The minimum absolute atomic E-state index is 0.0686. The van der Waals surface area contributed by atoms with Crippen LogP contribution in [0, 0.1) is 5.92 Å². The summed E-state index contributed by atoms with van der Waals surface area (Å²) in [5, 5.41) is 0. The van der Waals surface area contributed by atoms with Crippen LogP contribution in [0.3, 0.4) is 0 Å². The lowest BCUT2D eigenvalue weighted by Crippen LogP contribution is -2.11. The summed E-state index contributed by atoms with van der Waals surface area (Å²) in [7, 11) is 0. The molecule has 0 rings (SSSR count). The van der Waals surface area contributed by atoms with Crippen molar-refractivity contribution in [3.8, 4) is 0 Å². The van der Waals surface area contributed by atoms with E-state index in [1.807, 2.05) is 19.9 Å². The van der Waals surface area contributed by atoms with E-state index in [1.165, 1.54) is 6.08 Å². The van der Waals surface area contributed by atoms with Gasteiger partial charge in [0.05, 0.1) is 5.92 Å². The molecule has 1 unspecified atom stereocenters. The molecule has 0 aromatic carbocycles. The molecule has 0 fully saturated rings. The van der Waals surface area contributed by atoms with Gasteiger partial charge < -0.3 is 4.79 Å². The van der Waals surface area contributed by atoms with Gasteiger partial charge in [0.1, 0.15) is 6.29 Å². The second kappa shape index (κ2) is 6.77. The first-order valence-corrected chi connectivity index (χ1v) is 4.41. The minimum Gasteiger partial charge on any atom is -0.303 e. The molecule has 0 aliphatic rings. The number of hydrogen-bond donors (Lipinski definition) is 0. The molecule has 0 aliphatic heterocycles. The summed E-state index contributed by atoms with van der Waals surface area (Å²) >= 11 is 0. The van der Waals surface area contributed by atoms with Crippen molar-refractivity contribution < 1.29 is 9.59 Å². The van der Waals surface area contributed by atoms with Gasteiger partial charge in [-0.2, -0.15) is 0 Å². The maximum absolute atomic E-state index is 11.2. The van der Waals surface area contributed by atoms with Crippen molar-refractivity contribution in [3.05, 3.63) is 12.2 Å². The number of hydrogen-bond acceptors (Lipinski definition) is 2. The Hall–Kier alpha value is -0.920. The molecule has 0 radical (unpaired) electrons. The molecular weight excluding hydrogens is 152 g/mol. The van der Waals surface area contributed by atoms with Crippen molar-refractivity contribution in [3.63, 3.8) is 0 Å². The molecule has 2 nitrogen and oxygen atoms in total. The standard InChI is InChI=1S/C10H16O2/c1-3-5-6-7-10(12)9(4-2)8-11/h6-9H,3-5H2,1-2H3. The Kier molecular flexibility index (Phi) is 6.25. The SMILES string of the molecule is CCCC=CC(=O)C(C=O)CC. The Morgan fingerprint density at radius 3 is 2.50 bits per heavy atom. The molecule has 0 bridgehead atoms. The lowest BCUT2D eigenvalue weighted by Gasteiger charge is -1.99. The van der Waals surface area contributed by atoms with Crippen LogP contribution in [0.1, 0.15) is 33.1 Å². The Morgan fingerprint density at radius 2 is 2.08 bits per heavy atom. The van der Waals surface area contributed by atoms with Gasteiger partial charge in [-0.3, -0.25) is 4.79 Å². The molecule has 12 heavy (non-hydrogen) atoms. The molecule has 68 valence electrons. The molecule has 0 aromatic rings. The third-order valence-corrected chi connectivity index (χ3v) is 1.71. The molecule has 0 aromatic heterocycles. The summed E-state index contributed by atoms with van der Waals surface area (Å²) in [5.74, 6) is -0.501. The molecule has 0 saturated heterocycles. The lowest BCUT2D eigenvalue weighted by molar-refractivity contribution is -0.123. The van der Waals surface area contributed by atoms with Crippen LogP contribution in [0.15, 0.2) is 12.2 Å². The van der Waals surface area contributed by atoms with E-state index in [4.69, 9.17) is 0 Å². The summed E-state index contributed by atoms with van der Waals surface area (Å²) in [4.78, 5) is 21.5. The van der Waals surface area contributed by atoms with Gasteiger partial charge in [-0.1, -0.05) is 26.3 Å². The first kappa shape index (κ1) is 11.1. The third kappa shape index (κ3) is 4.06. The first-order valence-electron chi connectivity index (χ1n) is 4.41. The first-order chi connectivity index (χ1) is 5.76. The van der Waals surface area contributed by atoms with Gasteiger partial charge in [-0.05, 0) is 18.9 Å². The highest BCUT2D eigenvalue weighted by Gasteiger charge is 2.10. The van der Waals surface area contributed by atoms with Crippen molar-refractivity contribution in [2.24, 2.45) is 5.92 Å². The summed E-state index contributed by atoms with van der Waals surface area (Å²) in [6.07, 6.45) is 6.60. The van der Waals surface area contributed by atoms with Gasteiger partial charge >= 0.3 is 0 Å². The second-order valence-electron chi connectivity index (χ2n) is 2.74. The normalized spacial score (nSPS) is 13.2. The fourth-order valence-electron chi connectivity index (χ4n) is 0.854. The molecule has 0 saturated carbocycles. The van der Waals surface area contributed by atoms with Crippen molar-refractivity contribution in [1.29, 1.82) is 0 Å². The Morgan fingerprint density at radius 1 is 1.42 bits per heavy atom. The zero-order valence-corrected chi connectivity index (χ0v) is 7.75. The average molecular weight is 168 g/mol. The van der Waals surface area contributed by atoms with Crippen LogP contribution < -0.4 is 0 Å². The van der Waals surface area contributed by atoms with Crippen LogP contribution in [-0.4, -0.2) is 12.1 Å². The highest BCUT2D eigenvalue weighted by atomic mass is 16.1. The molecule has 0 N–H and O–H groups in total. The van der Waals surface area contributed by atoms with E-state index in [-0.39, 0.29) is 5.78 Å². The van der Waals surface area contributed by atoms with Crippen LogP contribution in [0.4, 0.5) is 0 Å². The minimum atomic E-state index is -0.432. The fourth-order valence-corrected chi connectivity index (χ4v) is 0.854. The van der Waals surface area contributed by atoms with Crippen molar-refractivity contribution in [2.75, 3.05) is 0 Å². The van der Waals surface area contributed by atoms with Gasteiger partial charge in [-0.15, -0.1) is 0 Å². The number of carbonyl (C=O) groups is 2. The molecule has 2 heteroatoms. The molecule has 0 heterocycles. The molecular formula is C10H16O2. The van der Waals surface area contributed by atoms with Gasteiger partial charge in [0.25, 0.3) is 0 Å². The average Bonchev–Trinajstić information content (AvgIpc) is 2.07. The molecule has 0 spiro atoms. The van der Waals surface area contributed by atoms with Crippen LogP contribution in [0.25, 0.3) is 0 Å². The predicted octanol–water partition coefficient (Wildman–Crippen LogP) is 2.14. The van der Waals surface area contributed by atoms with Crippen molar-refractivity contribution >= 4 is 12.1 Å². The third-order valence-electron chi connectivity index (χ3n) is 1.71. The monoisotopic (exact) mass is 168 g/mol. The lowest BCUT2D eigenvalue weighted by atomic mass is 10.0. The Balaban J connectivity index is 3.91. The van der Waals surface area contributed by atoms with Gasteiger partial charge in [0.2, 0.25) is 0 Å². The van der Waals surface area contributed by atoms with Crippen LogP contribution in [0.5, 0.6) is 0 Å². The van der Waals surface area contributed by atoms with E-state index in [0.29, 0.717) is 6.42 Å². The summed E-state index contributed by atoms with van der Waals surface area (Å²) in [6, 6.07) is 0. The fraction of sp³-hybridized carbons (Fsp3) is 0.600. The van der Waals surface area contributed by atoms with Crippen molar-refractivity contribution in [2.45, 2.75) is 33.1 Å². The molecule has 0 amide bonds. The maximum atomic E-state index is 11.2. The van der Waals surface area contributed by atoms with E-state index < -0.39 is 5.92 Å². The number of ketones is 1. The molecule has 0 aliphatic carbocycles. The van der Waals surface area contributed by atoms with Crippen LogP contribution in [-0.2, 0) is 9.59 Å². The largest absolute Gasteiger partial charge is 0.303 e. The van der Waals surface area contributed by atoms with Crippen molar-refractivity contribution in [1.82, 2.24) is 0 Å². The quantitative estimate of drug-likeness (QED) is 0.346. The van der Waals surface area contributed by atoms with E-state index in [0.717, 1.165) is 19.1 Å². The maximum Gasteiger partial charge on any atom is 0.165 e. The molecule has 1 atom stereocenters. The Labute approximate surface area is 73.7 Å².